The normalized spacial score (nSPS) is 9.33. The number of carbonyl (C=O) groups excluding carboxylic acids is 1. The van der Waals surface area contributed by atoms with Crippen molar-refractivity contribution in [3.8, 4) is 12.3 Å². The van der Waals surface area contributed by atoms with Crippen molar-refractivity contribution in [3.05, 3.63) is 35.4 Å². The van der Waals surface area contributed by atoms with E-state index in [1.807, 2.05) is 12.1 Å². The van der Waals surface area contributed by atoms with Gasteiger partial charge >= 0.3 is 0 Å². The maximum absolute atomic E-state index is 11.4. The average Bonchev–Trinajstić information content (AvgIpc) is 2.27. The van der Waals surface area contributed by atoms with Crippen molar-refractivity contribution in [2.45, 2.75) is 6.42 Å². The van der Waals surface area contributed by atoms with Crippen LogP contribution in [0.1, 0.15) is 15.9 Å². The lowest BCUT2D eigenvalue weighted by atomic mass is 10.1. The number of carbonyl (C=O) groups is 1. The van der Waals surface area contributed by atoms with Gasteiger partial charge < -0.3 is 11.1 Å². The molecule has 3 nitrogen and oxygen atoms in total. The smallest absolute Gasteiger partial charge is 0.252 e. The Morgan fingerprint density at radius 3 is 2.60 bits per heavy atom. The molecule has 15 heavy (non-hydrogen) atoms. The molecule has 0 aliphatic heterocycles. The highest BCUT2D eigenvalue weighted by Crippen LogP contribution is 2.04. The van der Waals surface area contributed by atoms with Gasteiger partial charge in [-0.15, -0.1) is 6.42 Å². The molecule has 0 radical (unpaired) electrons. The molecule has 0 saturated heterocycles. The van der Waals surface area contributed by atoms with Gasteiger partial charge in [0.15, 0.2) is 0 Å². The molecule has 0 aromatic heterocycles. The molecule has 0 spiro atoms. The Bertz CT molecular complexity index is 362. The number of rotatable bonds is 4. The van der Waals surface area contributed by atoms with Gasteiger partial charge in [-0.25, -0.2) is 0 Å². The van der Waals surface area contributed by atoms with E-state index in [2.05, 4.69) is 11.2 Å². The minimum Gasteiger partial charge on any atom is -0.341 e. The highest BCUT2D eigenvalue weighted by Gasteiger charge is 2.02. The summed E-state index contributed by atoms with van der Waals surface area (Å²) in [5, 5.41) is 2.60. The van der Waals surface area contributed by atoms with Gasteiger partial charge in [-0.05, 0) is 30.7 Å². The lowest BCUT2D eigenvalue weighted by molar-refractivity contribution is 0.0958. The molecule has 0 atom stereocenters. The minimum absolute atomic E-state index is 0.146. The maximum atomic E-state index is 11.4. The average molecular weight is 202 g/mol. The predicted molar refractivity (Wildman–Crippen MR) is 60.4 cm³/mol. The molecular weight excluding hydrogens is 188 g/mol. The second-order valence-electron chi connectivity index (χ2n) is 3.12. The first kappa shape index (κ1) is 11.3. The van der Waals surface area contributed by atoms with Crippen molar-refractivity contribution in [2.24, 2.45) is 5.73 Å². The first-order chi connectivity index (χ1) is 7.27. The molecule has 78 valence electrons. The van der Waals surface area contributed by atoms with Crippen LogP contribution in [-0.4, -0.2) is 19.0 Å². The Kier molecular flexibility index (Phi) is 4.39. The van der Waals surface area contributed by atoms with Gasteiger partial charge in [0.05, 0.1) is 6.54 Å². The summed E-state index contributed by atoms with van der Waals surface area (Å²) in [7, 11) is 0. The molecule has 3 N–H and O–H groups in total. The second-order valence-corrected chi connectivity index (χ2v) is 3.12. The number of benzene rings is 1. The summed E-state index contributed by atoms with van der Waals surface area (Å²) in [5.74, 6) is 2.21. The molecular formula is C12H14N2O. The van der Waals surface area contributed by atoms with Crippen LogP contribution >= 0.6 is 0 Å². The maximum Gasteiger partial charge on any atom is 0.252 e. The SMILES string of the molecule is C#CCNC(=O)c1ccc(CCN)cc1. The molecule has 0 saturated carbocycles. The van der Waals surface area contributed by atoms with Crippen LogP contribution in [0.2, 0.25) is 0 Å². The number of hydrogen-bond donors (Lipinski definition) is 2. The van der Waals surface area contributed by atoms with Crippen LogP contribution in [0, 0.1) is 12.3 Å². The Balaban J connectivity index is 2.63. The molecule has 1 aromatic rings. The summed E-state index contributed by atoms with van der Waals surface area (Å²) in [6, 6.07) is 7.35. The molecule has 1 aromatic carbocycles. The van der Waals surface area contributed by atoms with Crippen molar-refractivity contribution >= 4 is 5.91 Å². The highest BCUT2D eigenvalue weighted by atomic mass is 16.1. The summed E-state index contributed by atoms with van der Waals surface area (Å²) >= 11 is 0. The lowest BCUT2D eigenvalue weighted by Gasteiger charge is -2.03. The van der Waals surface area contributed by atoms with Gasteiger partial charge in [-0.1, -0.05) is 18.1 Å². The number of nitrogens with two attached hydrogens (primary N) is 1. The van der Waals surface area contributed by atoms with Crippen LogP contribution in [0.25, 0.3) is 0 Å². The van der Waals surface area contributed by atoms with E-state index in [4.69, 9.17) is 12.2 Å². The lowest BCUT2D eigenvalue weighted by Crippen LogP contribution is -2.23. The summed E-state index contributed by atoms with van der Waals surface area (Å²) in [4.78, 5) is 11.4. The van der Waals surface area contributed by atoms with Gasteiger partial charge in [0.1, 0.15) is 0 Å². The van der Waals surface area contributed by atoms with Crippen LogP contribution < -0.4 is 11.1 Å². The van der Waals surface area contributed by atoms with Crippen LogP contribution in [-0.2, 0) is 6.42 Å². The second kappa shape index (κ2) is 5.84. The predicted octanol–water partition coefficient (Wildman–Crippen LogP) is 0.551. The number of amides is 1. The third-order valence-electron chi connectivity index (χ3n) is 2.00. The van der Waals surface area contributed by atoms with Gasteiger partial charge in [0.25, 0.3) is 5.91 Å². The van der Waals surface area contributed by atoms with Crippen molar-refractivity contribution in [1.82, 2.24) is 5.32 Å². The first-order valence-electron chi connectivity index (χ1n) is 4.78. The summed E-state index contributed by atoms with van der Waals surface area (Å²) in [5.41, 5.74) is 7.17. The summed E-state index contributed by atoms with van der Waals surface area (Å²) in [6.07, 6.45) is 5.87. The van der Waals surface area contributed by atoms with E-state index in [1.54, 1.807) is 12.1 Å². The standard InChI is InChI=1S/C12H14N2O/c1-2-9-14-12(15)11-5-3-10(4-6-11)7-8-13/h1,3-6H,7-9,13H2,(H,14,15). The van der Waals surface area contributed by atoms with Crippen LogP contribution in [0.5, 0.6) is 0 Å². The van der Waals surface area contributed by atoms with Gasteiger partial charge in [-0.2, -0.15) is 0 Å². The summed E-state index contributed by atoms with van der Waals surface area (Å²) < 4.78 is 0. The van der Waals surface area contributed by atoms with Crippen LogP contribution in [0.3, 0.4) is 0 Å². The minimum atomic E-state index is -0.146. The highest BCUT2D eigenvalue weighted by molar-refractivity contribution is 5.94. The van der Waals surface area contributed by atoms with Crippen molar-refractivity contribution in [1.29, 1.82) is 0 Å². The molecule has 1 rings (SSSR count). The fourth-order valence-corrected chi connectivity index (χ4v) is 1.22. The molecule has 1 amide bonds. The quantitative estimate of drug-likeness (QED) is 0.701. The van der Waals surface area contributed by atoms with E-state index in [1.165, 1.54) is 0 Å². The molecule has 3 heteroatoms. The van der Waals surface area contributed by atoms with E-state index < -0.39 is 0 Å². The third kappa shape index (κ3) is 3.45. The molecule has 0 aliphatic rings. The fourth-order valence-electron chi connectivity index (χ4n) is 1.22. The molecule has 0 unspecified atom stereocenters. The third-order valence-corrected chi connectivity index (χ3v) is 2.00. The van der Waals surface area contributed by atoms with Crippen molar-refractivity contribution < 1.29 is 4.79 Å². The van der Waals surface area contributed by atoms with E-state index in [0.29, 0.717) is 12.1 Å². The van der Waals surface area contributed by atoms with Crippen molar-refractivity contribution in [2.75, 3.05) is 13.1 Å². The zero-order valence-electron chi connectivity index (χ0n) is 8.49. The topological polar surface area (TPSA) is 55.1 Å². The fraction of sp³-hybridized carbons (Fsp3) is 0.250. The molecule has 0 bridgehead atoms. The molecule has 0 heterocycles. The van der Waals surface area contributed by atoms with E-state index in [9.17, 15) is 4.79 Å². The van der Waals surface area contributed by atoms with Gasteiger partial charge in [0.2, 0.25) is 0 Å². The summed E-state index contributed by atoms with van der Waals surface area (Å²) in [6.45, 7) is 0.867. The number of nitrogens with one attached hydrogen (secondary N) is 1. The van der Waals surface area contributed by atoms with Gasteiger partial charge in [0, 0.05) is 5.56 Å². The Morgan fingerprint density at radius 1 is 1.40 bits per heavy atom. The number of hydrogen-bond acceptors (Lipinski definition) is 2. The Hall–Kier alpha value is -1.79. The number of terminal acetylenes is 1. The van der Waals surface area contributed by atoms with Crippen LogP contribution in [0.4, 0.5) is 0 Å². The van der Waals surface area contributed by atoms with E-state index in [-0.39, 0.29) is 12.5 Å². The zero-order valence-corrected chi connectivity index (χ0v) is 8.49. The Labute approximate surface area is 89.7 Å². The van der Waals surface area contributed by atoms with E-state index >= 15 is 0 Å². The monoisotopic (exact) mass is 202 g/mol. The molecule has 0 aliphatic carbocycles. The first-order valence-corrected chi connectivity index (χ1v) is 4.78. The zero-order chi connectivity index (χ0) is 11.1. The van der Waals surface area contributed by atoms with E-state index in [0.717, 1.165) is 12.0 Å². The van der Waals surface area contributed by atoms with Gasteiger partial charge in [-0.3, -0.25) is 4.79 Å². The van der Waals surface area contributed by atoms with Crippen LogP contribution in [0.15, 0.2) is 24.3 Å². The van der Waals surface area contributed by atoms with Crippen molar-refractivity contribution in [3.63, 3.8) is 0 Å². The Morgan fingerprint density at radius 2 is 2.07 bits per heavy atom. The largest absolute Gasteiger partial charge is 0.341 e. The molecule has 0 fully saturated rings.